The number of carbonyl (C=O) groups excluding carboxylic acids is 1. The van der Waals surface area contributed by atoms with Crippen LogP contribution in [0.3, 0.4) is 0 Å². The van der Waals surface area contributed by atoms with E-state index in [0.29, 0.717) is 25.9 Å². The van der Waals surface area contributed by atoms with Gasteiger partial charge in [0.2, 0.25) is 0 Å². The fraction of sp³-hybridized carbons (Fsp3) is 0.400. The van der Waals surface area contributed by atoms with E-state index in [1.54, 1.807) is 0 Å². The van der Waals surface area contributed by atoms with E-state index in [0.717, 1.165) is 16.5 Å². The zero-order chi connectivity index (χ0) is 14.2. The third-order valence-electron chi connectivity index (χ3n) is 3.67. The predicted molar refractivity (Wildman–Crippen MR) is 80.1 cm³/mol. The molecule has 1 aromatic carbocycles. The van der Waals surface area contributed by atoms with Gasteiger partial charge in [0.25, 0.3) is 0 Å². The van der Waals surface area contributed by atoms with Crippen LogP contribution in [0.5, 0.6) is 0 Å². The van der Waals surface area contributed by atoms with Crippen LogP contribution in [0.2, 0.25) is 0 Å². The SMILES string of the molecule is O=C(CCc1c[nH]c2ccccc12)OC[C@@H]1CC1(Cl)Cl. The van der Waals surface area contributed by atoms with Gasteiger partial charge in [-0.25, -0.2) is 0 Å². The van der Waals surface area contributed by atoms with Gasteiger partial charge in [0, 0.05) is 29.4 Å². The summed E-state index contributed by atoms with van der Waals surface area (Å²) in [4.78, 5) is 14.9. The number of halogens is 2. The van der Waals surface area contributed by atoms with E-state index >= 15 is 0 Å². The van der Waals surface area contributed by atoms with Gasteiger partial charge in [-0.05, 0) is 24.5 Å². The first-order valence-corrected chi connectivity index (χ1v) is 7.40. The number of hydrogen-bond acceptors (Lipinski definition) is 2. The van der Waals surface area contributed by atoms with Gasteiger partial charge in [-0.15, -0.1) is 23.2 Å². The molecule has 1 atom stereocenters. The molecule has 1 aromatic heterocycles. The summed E-state index contributed by atoms with van der Waals surface area (Å²) in [5, 5.41) is 1.16. The average molecular weight is 312 g/mol. The number of aryl methyl sites for hydroxylation is 1. The van der Waals surface area contributed by atoms with Crippen LogP contribution in [-0.2, 0) is 16.0 Å². The summed E-state index contributed by atoms with van der Waals surface area (Å²) in [6.07, 6.45) is 3.68. The fourth-order valence-electron chi connectivity index (χ4n) is 2.29. The van der Waals surface area contributed by atoms with Crippen molar-refractivity contribution in [3.05, 3.63) is 36.0 Å². The van der Waals surface area contributed by atoms with Crippen LogP contribution < -0.4 is 0 Å². The van der Waals surface area contributed by atoms with Crippen molar-refractivity contribution < 1.29 is 9.53 Å². The Morgan fingerprint density at radius 1 is 1.40 bits per heavy atom. The van der Waals surface area contributed by atoms with Gasteiger partial charge in [0.05, 0.1) is 6.61 Å². The Kier molecular flexibility index (Phi) is 3.65. The number of esters is 1. The molecule has 106 valence electrons. The average Bonchev–Trinajstić information content (AvgIpc) is 2.85. The summed E-state index contributed by atoms with van der Waals surface area (Å²) in [5.74, 6) is -0.116. The molecule has 0 aliphatic heterocycles. The molecule has 1 aliphatic carbocycles. The summed E-state index contributed by atoms with van der Waals surface area (Å²) in [6, 6.07) is 8.04. The second-order valence-corrected chi connectivity index (χ2v) is 6.75. The number of aromatic nitrogens is 1. The first kappa shape index (κ1) is 13.8. The molecule has 1 fully saturated rings. The minimum absolute atomic E-state index is 0.0860. The lowest BCUT2D eigenvalue weighted by Crippen LogP contribution is -2.10. The summed E-state index contributed by atoms with van der Waals surface area (Å²) in [7, 11) is 0. The normalized spacial score (nSPS) is 20.0. The lowest BCUT2D eigenvalue weighted by molar-refractivity contribution is -0.144. The Balaban J connectivity index is 1.50. The minimum atomic E-state index is -0.683. The highest BCUT2D eigenvalue weighted by Crippen LogP contribution is 2.53. The Bertz CT molecular complexity index is 636. The van der Waals surface area contributed by atoms with Gasteiger partial charge < -0.3 is 9.72 Å². The molecule has 20 heavy (non-hydrogen) atoms. The van der Waals surface area contributed by atoms with Crippen molar-refractivity contribution in [3.63, 3.8) is 0 Å². The highest BCUT2D eigenvalue weighted by atomic mass is 35.5. The highest BCUT2D eigenvalue weighted by Gasteiger charge is 2.52. The van der Waals surface area contributed by atoms with Crippen molar-refractivity contribution in [2.24, 2.45) is 5.92 Å². The summed E-state index contributed by atoms with van der Waals surface area (Å²) < 4.78 is 4.51. The van der Waals surface area contributed by atoms with Crippen LogP contribution in [-0.4, -0.2) is 21.9 Å². The summed E-state index contributed by atoms with van der Waals surface area (Å²) in [5.41, 5.74) is 2.22. The molecule has 3 rings (SSSR count). The quantitative estimate of drug-likeness (QED) is 0.673. The topological polar surface area (TPSA) is 42.1 Å². The van der Waals surface area contributed by atoms with Gasteiger partial charge in [-0.3, -0.25) is 4.79 Å². The van der Waals surface area contributed by atoms with Gasteiger partial charge in [0.15, 0.2) is 0 Å². The first-order chi connectivity index (χ1) is 9.56. The number of aromatic amines is 1. The van der Waals surface area contributed by atoms with Crippen molar-refractivity contribution in [1.82, 2.24) is 4.98 Å². The summed E-state index contributed by atoms with van der Waals surface area (Å²) >= 11 is 11.8. The molecule has 1 heterocycles. The molecule has 1 aliphatic rings. The van der Waals surface area contributed by atoms with E-state index in [1.165, 1.54) is 0 Å². The van der Waals surface area contributed by atoms with Crippen molar-refractivity contribution in [1.29, 1.82) is 0 Å². The van der Waals surface area contributed by atoms with Crippen LogP contribution in [0, 0.1) is 5.92 Å². The van der Waals surface area contributed by atoms with Gasteiger partial charge in [0.1, 0.15) is 4.33 Å². The minimum Gasteiger partial charge on any atom is -0.465 e. The number of alkyl halides is 2. The summed E-state index contributed by atoms with van der Waals surface area (Å²) in [6.45, 7) is 0.319. The molecule has 0 radical (unpaired) electrons. The second kappa shape index (κ2) is 5.30. The zero-order valence-electron chi connectivity index (χ0n) is 10.9. The van der Waals surface area contributed by atoms with Gasteiger partial charge in [-0.2, -0.15) is 0 Å². The molecule has 0 spiro atoms. The Morgan fingerprint density at radius 2 is 2.15 bits per heavy atom. The van der Waals surface area contributed by atoms with E-state index in [1.807, 2.05) is 30.5 Å². The molecule has 0 bridgehead atoms. The van der Waals surface area contributed by atoms with Gasteiger partial charge >= 0.3 is 5.97 Å². The van der Waals surface area contributed by atoms with E-state index < -0.39 is 4.33 Å². The third kappa shape index (κ3) is 2.94. The number of ether oxygens (including phenoxy) is 1. The lowest BCUT2D eigenvalue weighted by Gasteiger charge is -2.04. The molecule has 0 amide bonds. The van der Waals surface area contributed by atoms with Crippen LogP contribution >= 0.6 is 23.2 Å². The van der Waals surface area contributed by atoms with Crippen molar-refractivity contribution in [2.75, 3.05) is 6.61 Å². The van der Waals surface area contributed by atoms with Crippen molar-refractivity contribution >= 4 is 40.1 Å². The number of benzene rings is 1. The molecule has 3 nitrogen and oxygen atoms in total. The molecule has 0 saturated heterocycles. The van der Waals surface area contributed by atoms with Crippen molar-refractivity contribution in [3.8, 4) is 0 Å². The number of fused-ring (bicyclic) bond motifs is 1. The molecule has 2 aromatic rings. The fourth-order valence-corrected chi connectivity index (χ4v) is 2.79. The van der Waals surface area contributed by atoms with Gasteiger partial charge in [-0.1, -0.05) is 18.2 Å². The molecule has 1 saturated carbocycles. The Hall–Kier alpha value is -1.19. The van der Waals surface area contributed by atoms with Crippen LogP contribution in [0.25, 0.3) is 10.9 Å². The highest BCUT2D eigenvalue weighted by molar-refractivity contribution is 6.50. The maximum absolute atomic E-state index is 11.7. The maximum atomic E-state index is 11.7. The third-order valence-corrected chi connectivity index (χ3v) is 4.60. The standard InChI is InChI=1S/C15H15Cl2NO2/c16-15(17)7-11(15)9-20-14(19)6-5-10-8-18-13-4-2-1-3-12(10)13/h1-4,8,11,18H,5-7,9H2/t11-/m0/s1. The maximum Gasteiger partial charge on any atom is 0.306 e. The lowest BCUT2D eigenvalue weighted by atomic mass is 10.1. The number of hydrogen-bond donors (Lipinski definition) is 1. The number of rotatable bonds is 5. The van der Waals surface area contributed by atoms with E-state index in [9.17, 15) is 4.79 Å². The molecule has 5 heteroatoms. The second-order valence-electron chi connectivity index (χ2n) is 5.20. The number of nitrogens with one attached hydrogen (secondary N) is 1. The smallest absolute Gasteiger partial charge is 0.306 e. The van der Waals surface area contributed by atoms with Crippen molar-refractivity contribution in [2.45, 2.75) is 23.6 Å². The van der Waals surface area contributed by atoms with Crippen LogP contribution in [0.1, 0.15) is 18.4 Å². The predicted octanol–water partition coefficient (Wildman–Crippen LogP) is 3.84. The van der Waals surface area contributed by atoms with E-state index in [-0.39, 0.29) is 11.9 Å². The van der Waals surface area contributed by atoms with E-state index in [2.05, 4.69) is 4.98 Å². The molecule has 0 unspecified atom stereocenters. The monoisotopic (exact) mass is 311 g/mol. The molecular formula is C15H15Cl2NO2. The number of H-pyrrole nitrogens is 1. The number of para-hydroxylation sites is 1. The van der Waals surface area contributed by atoms with E-state index in [4.69, 9.17) is 27.9 Å². The zero-order valence-corrected chi connectivity index (χ0v) is 12.4. The number of carbonyl (C=O) groups is 1. The van der Waals surface area contributed by atoms with Crippen LogP contribution in [0.15, 0.2) is 30.5 Å². The largest absolute Gasteiger partial charge is 0.465 e. The Labute approximate surface area is 127 Å². The van der Waals surface area contributed by atoms with Crippen LogP contribution in [0.4, 0.5) is 0 Å². The molecular weight excluding hydrogens is 297 g/mol. The first-order valence-electron chi connectivity index (χ1n) is 6.65. The Morgan fingerprint density at radius 3 is 2.90 bits per heavy atom. The molecule has 1 N–H and O–H groups in total.